The number of aldehydes is 1. The highest BCUT2D eigenvalue weighted by Crippen LogP contribution is 2.27. The van der Waals surface area contributed by atoms with Crippen LogP contribution in [-0.4, -0.2) is 12.5 Å². The normalized spacial score (nSPS) is 10.4. The number of rotatable bonds is 6. The van der Waals surface area contributed by atoms with Crippen LogP contribution in [0.4, 0.5) is 0 Å². The molecule has 0 amide bonds. The second kappa shape index (κ2) is 7.84. The van der Waals surface area contributed by atoms with E-state index in [-0.39, 0.29) is 0 Å². The van der Waals surface area contributed by atoms with Gasteiger partial charge >= 0.3 is 0 Å². The van der Waals surface area contributed by atoms with Crippen molar-refractivity contribution in [3.63, 3.8) is 0 Å². The highest BCUT2D eigenvalue weighted by molar-refractivity contribution is 7.98. The molecule has 24 heavy (non-hydrogen) atoms. The summed E-state index contributed by atoms with van der Waals surface area (Å²) in [6, 6.07) is 23.8. The van der Waals surface area contributed by atoms with E-state index >= 15 is 0 Å². The predicted molar refractivity (Wildman–Crippen MR) is 99.4 cm³/mol. The SMILES string of the molecule is CSc1ccc(Cc2ccccc2Oc2ccc(C=O)cc2)cc1. The summed E-state index contributed by atoms with van der Waals surface area (Å²) in [6.45, 7) is 0. The Balaban J connectivity index is 1.79. The van der Waals surface area contributed by atoms with E-state index in [4.69, 9.17) is 4.74 Å². The molecule has 0 bridgehead atoms. The largest absolute Gasteiger partial charge is 0.457 e. The quantitative estimate of drug-likeness (QED) is 0.433. The van der Waals surface area contributed by atoms with Gasteiger partial charge in [-0.1, -0.05) is 30.3 Å². The number of hydrogen-bond donors (Lipinski definition) is 0. The zero-order valence-electron chi connectivity index (χ0n) is 13.4. The zero-order chi connectivity index (χ0) is 16.8. The Hall–Kier alpha value is -2.52. The maximum Gasteiger partial charge on any atom is 0.150 e. The van der Waals surface area contributed by atoms with Gasteiger partial charge in [-0.3, -0.25) is 4.79 Å². The number of hydrogen-bond acceptors (Lipinski definition) is 3. The molecule has 0 spiro atoms. The molecule has 0 N–H and O–H groups in total. The summed E-state index contributed by atoms with van der Waals surface area (Å²) in [5.74, 6) is 1.57. The molecule has 0 heterocycles. The number of carbonyl (C=O) groups excluding carboxylic acids is 1. The van der Waals surface area contributed by atoms with E-state index in [0.29, 0.717) is 5.56 Å². The van der Waals surface area contributed by atoms with Gasteiger partial charge in [0.25, 0.3) is 0 Å². The lowest BCUT2D eigenvalue weighted by atomic mass is 10.0. The minimum Gasteiger partial charge on any atom is -0.457 e. The van der Waals surface area contributed by atoms with Crippen LogP contribution in [0, 0.1) is 0 Å². The van der Waals surface area contributed by atoms with Crippen LogP contribution in [0.3, 0.4) is 0 Å². The van der Waals surface area contributed by atoms with Crippen molar-refractivity contribution in [2.45, 2.75) is 11.3 Å². The Morgan fingerprint density at radius 1 is 0.917 bits per heavy atom. The minimum absolute atomic E-state index is 0.643. The van der Waals surface area contributed by atoms with E-state index in [1.807, 2.05) is 30.3 Å². The summed E-state index contributed by atoms with van der Waals surface area (Å²) >= 11 is 1.74. The molecule has 0 unspecified atom stereocenters. The summed E-state index contributed by atoms with van der Waals surface area (Å²) in [7, 11) is 0. The molecular weight excluding hydrogens is 316 g/mol. The van der Waals surface area contributed by atoms with Crippen molar-refractivity contribution in [3.8, 4) is 11.5 Å². The Bertz CT molecular complexity index is 808. The number of benzene rings is 3. The number of ether oxygens (including phenoxy) is 1. The number of thioether (sulfide) groups is 1. The third-order valence-corrected chi connectivity index (χ3v) is 4.51. The van der Waals surface area contributed by atoms with Gasteiger partial charge in [0.05, 0.1) is 0 Å². The highest BCUT2D eigenvalue weighted by atomic mass is 32.2. The molecule has 0 aromatic heterocycles. The van der Waals surface area contributed by atoms with Crippen molar-refractivity contribution in [1.29, 1.82) is 0 Å². The lowest BCUT2D eigenvalue weighted by Crippen LogP contribution is -1.94. The number of carbonyl (C=O) groups is 1. The molecule has 3 heteroatoms. The Morgan fingerprint density at radius 3 is 2.29 bits per heavy atom. The van der Waals surface area contributed by atoms with Crippen molar-refractivity contribution >= 4 is 18.0 Å². The Morgan fingerprint density at radius 2 is 1.62 bits per heavy atom. The second-order valence-corrected chi connectivity index (χ2v) is 6.30. The molecule has 0 fully saturated rings. The van der Waals surface area contributed by atoms with Crippen LogP contribution >= 0.6 is 11.8 Å². The molecule has 0 saturated carbocycles. The van der Waals surface area contributed by atoms with Crippen LogP contribution in [0.1, 0.15) is 21.5 Å². The van der Waals surface area contributed by atoms with Crippen LogP contribution in [0.5, 0.6) is 11.5 Å². The maximum absolute atomic E-state index is 10.7. The summed E-state index contributed by atoms with van der Waals surface area (Å²) in [5.41, 5.74) is 3.03. The topological polar surface area (TPSA) is 26.3 Å². The second-order valence-electron chi connectivity index (χ2n) is 5.42. The van der Waals surface area contributed by atoms with Gasteiger partial charge in [0, 0.05) is 16.9 Å². The van der Waals surface area contributed by atoms with Crippen molar-refractivity contribution < 1.29 is 9.53 Å². The minimum atomic E-state index is 0.643. The average Bonchev–Trinajstić information content (AvgIpc) is 2.64. The molecule has 3 aromatic rings. The molecule has 2 nitrogen and oxygen atoms in total. The standard InChI is InChI=1S/C21H18O2S/c1-24-20-12-8-16(9-13-20)14-18-4-2-3-5-21(18)23-19-10-6-17(15-22)7-11-19/h2-13,15H,14H2,1H3. The van der Waals surface area contributed by atoms with Gasteiger partial charge in [0.2, 0.25) is 0 Å². The summed E-state index contributed by atoms with van der Waals surface area (Å²) in [6.07, 6.45) is 3.72. The fraction of sp³-hybridized carbons (Fsp3) is 0.0952. The van der Waals surface area contributed by atoms with Crippen LogP contribution < -0.4 is 4.74 Å². The van der Waals surface area contributed by atoms with Crippen molar-refractivity contribution in [3.05, 3.63) is 89.5 Å². The average molecular weight is 334 g/mol. The summed E-state index contributed by atoms with van der Waals surface area (Å²) in [4.78, 5) is 12.0. The van der Waals surface area contributed by atoms with Gasteiger partial charge in [-0.15, -0.1) is 11.8 Å². The lowest BCUT2D eigenvalue weighted by molar-refractivity contribution is 0.112. The van der Waals surface area contributed by atoms with E-state index in [1.165, 1.54) is 10.5 Å². The highest BCUT2D eigenvalue weighted by Gasteiger charge is 2.06. The van der Waals surface area contributed by atoms with E-state index in [1.54, 1.807) is 23.9 Å². The first-order chi connectivity index (χ1) is 11.8. The molecule has 0 radical (unpaired) electrons. The van der Waals surface area contributed by atoms with Crippen LogP contribution in [0.2, 0.25) is 0 Å². The molecule has 120 valence electrons. The van der Waals surface area contributed by atoms with Crippen molar-refractivity contribution in [2.24, 2.45) is 0 Å². The van der Waals surface area contributed by atoms with Gasteiger partial charge in [0.15, 0.2) is 0 Å². The maximum atomic E-state index is 10.7. The first kappa shape index (κ1) is 16.3. The van der Waals surface area contributed by atoms with Gasteiger partial charge in [-0.2, -0.15) is 0 Å². The molecule has 0 aliphatic carbocycles. The fourth-order valence-electron chi connectivity index (χ4n) is 2.45. The van der Waals surface area contributed by atoms with Gasteiger partial charge in [-0.25, -0.2) is 0 Å². The van der Waals surface area contributed by atoms with E-state index in [9.17, 15) is 4.79 Å². The monoisotopic (exact) mass is 334 g/mol. The summed E-state index contributed by atoms with van der Waals surface area (Å²) in [5, 5.41) is 0. The Kier molecular flexibility index (Phi) is 5.34. The van der Waals surface area contributed by atoms with Crippen LogP contribution in [0.15, 0.2) is 77.7 Å². The van der Waals surface area contributed by atoms with E-state index in [0.717, 1.165) is 29.8 Å². The molecule has 0 atom stereocenters. The number of para-hydroxylation sites is 1. The third-order valence-electron chi connectivity index (χ3n) is 3.77. The molecule has 3 aromatic carbocycles. The van der Waals surface area contributed by atoms with Crippen LogP contribution in [-0.2, 0) is 6.42 Å². The molecular formula is C21H18O2S. The first-order valence-corrected chi connectivity index (χ1v) is 8.95. The predicted octanol–water partition coefficient (Wildman–Crippen LogP) is 5.60. The molecule has 0 saturated heterocycles. The molecule has 0 aliphatic heterocycles. The van der Waals surface area contributed by atoms with Gasteiger partial charge in [-0.05, 0) is 59.8 Å². The van der Waals surface area contributed by atoms with Crippen LogP contribution in [0.25, 0.3) is 0 Å². The van der Waals surface area contributed by atoms with Crippen molar-refractivity contribution in [2.75, 3.05) is 6.26 Å². The summed E-state index contributed by atoms with van der Waals surface area (Å²) < 4.78 is 6.01. The van der Waals surface area contributed by atoms with E-state index < -0.39 is 0 Å². The molecule has 0 aliphatic rings. The van der Waals surface area contributed by atoms with Gasteiger partial charge < -0.3 is 4.74 Å². The Labute approximate surface area is 146 Å². The molecule has 3 rings (SSSR count). The third kappa shape index (κ3) is 4.06. The fourth-order valence-corrected chi connectivity index (χ4v) is 2.86. The van der Waals surface area contributed by atoms with E-state index in [2.05, 4.69) is 36.6 Å². The van der Waals surface area contributed by atoms with Gasteiger partial charge in [0.1, 0.15) is 17.8 Å². The zero-order valence-corrected chi connectivity index (χ0v) is 14.3. The smallest absolute Gasteiger partial charge is 0.150 e. The lowest BCUT2D eigenvalue weighted by Gasteiger charge is -2.11. The first-order valence-electron chi connectivity index (χ1n) is 7.72. The van der Waals surface area contributed by atoms with Crippen molar-refractivity contribution in [1.82, 2.24) is 0 Å².